The Morgan fingerprint density at radius 2 is 1.96 bits per heavy atom. The molecule has 1 aromatic heterocycles. The van der Waals surface area contributed by atoms with Crippen molar-refractivity contribution in [3.63, 3.8) is 0 Å². The molecule has 134 valence electrons. The van der Waals surface area contributed by atoms with Crippen LogP contribution >= 0.6 is 27.3 Å². The summed E-state index contributed by atoms with van der Waals surface area (Å²) in [5.41, 5.74) is 1.67. The summed E-state index contributed by atoms with van der Waals surface area (Å²) < 4.78 is 0.952. The third-order valence-electron chi connectivity index (χ3n) is 3.44. The van der Waals surface area contributed by atoms with Gasteiger partial charge >= 0.3 is 0 Å². The number of amides is 1. The number of nitrogens with zero attached hydrogens (tertiary/aromatic N) is 3. The Balaban J connectivity index is 1.75. The molecule has 8 heteroatoms. The van der Waals surface area contributed by atoms with Gasteiger partial charge in [-0.1, -0.05) is 15.9 Å². The quantitative estimate of drug-likeness (QED) is 0.425. The number of nitrogens with one attached hydrogen (secondary N) is 2. The molecule has 2 N–H and O–H groups in total. The second kappa shape index (κ2) is 9.53. The molecule has 0 radical (unpaired) electrons. The van der Waals surface area contributed by atoms with Gasteiger partial charge in [0.25, 0.3) is 5.91 Å². The van der Waals surface area contributed by atoms with Gasteiger partial charge in [0.1, 0.15) is 0 Å². The second-order valence-corrected chi connectivity index (χ2v) is 7.43. The summed E-state index contributed by atoms with van der Waals surface area (Å²) in [6, 6.07) is 7.28. The van der Waals surface area contributed by atoms with E-state index in [1.807, 2.05) is 31.0 Å². The van der Waals surface area contributed by atoms with Crippen LogP contribution in [0.3, 0.4) is 0 Å². The highest BCUT2D eigenvalue weighted by Crippen LogP contribution is 2.10. The molecule has 0 bridgehead atoms. The molecular weight excluding hydrogens is 402 g/mol. The van der Waals surface area contributed by atoms with Crippen LogP contribution in [0.2, 0.25) is 0 Å². The van der Waals surface area contributed by atoms with Crippen LogP contribution in [0.5, 0.6) is 0 Å². The molecule has 0 aliphatic heterocycles. The number of rotatable bonds is 6. The highest BCUT2D eigenvalue weighted by Gasteiger charge is 2.09. The zero-order valence-electron chi connectivity index (χ0n) is 14.5. The van der Waals surface area contributed by atoms with Gasteiger partial charge in [-0.25, -0.2) is 4.98 Å². The Hall–Kier alpha value is -1.93. The first-order chi connectivity index (χ1) is 12.0. The number of carbonyl (C=O) groups excluding carboxylic acids is 1. The number of aromatic nitrogens is 1. The van der Waals surface area contributed by atoms with Gasteiger partial charge in [0, 0.05) is 42.6 Å². The average molecular weight is 424 g/mol. The normalized spacial score (nSPS) is 11.3. The second-order valence-electron chi connectivity index (χ2n) is 5.45. The summed E-state index contributed by atoms with van der Waals surface area (Å²) in [4.78, 5) is 22.8. The zero-order chi connectivity index (χ0) is 18.2. The maximum absolute atomic E-state index is 12.0. The Labute approximate surface area is 160 Å². The van der Waals surface area contributed by atoms with E-state index in [0.29, 0.717) is 25.2 Å². The molecule has 0 fully saturated rings. The lowest BCUT2D eigenvalue weighted by molar-refractivity contribution is 0.0954. The van der Waals surface area contributed by atoms with Gasteiger partial charge in [-0.05, 0) is 31.2 Å². The standard InChI is InChI=1S/C17H22BrN5OS/c1-12-22-15(11-25-12)10-23(3)17(19-2)21-9-8-20-16(24)13-4-6-14(18)7-5-13/h4-7,11H,8-10H2,1-3H3,(H,19,21)(H,20,24). The van der Waals surface area contributed by atoms with Crippen molar-refractivity contribution in [2.75, 3.05) is 27.2 Å². The highest BCUT2D eigenvalue weighted by molar-refractivity contribution is 9.10. The number of aliphatic imine (C=N–C) groups is 1. The van der Waals surface area contributed by atoms with E-state index in [0.717, 1.165) is 21.1 Å². The van der Waals surface area contributed by atoms with Crippen LogP contribution in [0.4, 0.5) is 0 Å². The van der Waals surface area contributed by atoms with E-state index in [1.54, 1.807) is 30.5 Å². The minimum atomic E-state index is -0.0874. The predicted octanol–water partition coefficient (Wildman–Crippen LogP) is 2.65. The molecule has 1 heterocycles. The molecule has 0 unspecified atom stereocenters. The predicted molar refractivity (Wildman–Crippen MR) is 106 cm³/mol. The van der Waals surface area contributed by atoms with Crippen molar-refractivity contribution in [2.45, 2.75) is 13.5 Å². The van der Waals surface area contributed by atoms with Gasteiger partial charge in [-0.3, -0.25) is 9.79 Å². The van der Waals surface area contributed by atoms with Gasteiger partial charge in [0.2, 0.25) is 0 Å². The number of thiazole rings is 1. The summed E-state index contributed by atoms with van der Waals surface area (Å²) in [6.07, 6.45) is 0. The Morgan fingerprint density at radius 1 is 1.28 bits per heavy atom. The summed E-state index contributed by atoms with van der Waals surface area (Å²) in [5, 5.41) is 9.24. The lowest BCUT2D eigenvalue weighted by Crippen LogP contribution is -2.42. The molecule has 0 aliphatic carbocycles. The maximum atomic E-state index is 12.0. The lowest BCUT2D eigenvalue weighted by Gasteiger charge is -2.21. The topological polar surface area (TPSA) is 69.6 Å². The molecule has 0 saturated carbocycles. The van der Waals surface area contributed by atoms with Crippen LogP contribution in [0, 0.1) is 6.92 Å². The lowest BCUT2D eigenvalue weighted by atomic mass is 10.2. The van der Waals surface area contributed by atoms with Crippen molar-refractivity contribution in [1.29, 1.82) is 0 Å². The van der Waals surface area contributed by atoms with Gasteiger partial charge in [0.05, 0.1) is 17.2 Å². The number of hydrogen-bond donors (Lipinski definition) is 2. The molecule has 0 spiro atoms. The van der Waals surface area contributed by atoms with Gasteiger partial charge in [-0.2, -0.15) is 0 Å². The third-order valence-corrected chi connectivity index (χ3v) is 4.79. The van der Waals surface area contributed by atoms with Crippen LogP contribution in [0.1, 0.15) is 21.1 Å². The fourth-order valence-corrected chi connectivity index (χ4v) is 3.11. The summed E-state index contributed by atoms with van der Waals surface area (Å²) >= 11 is 5.00. The van der Waals surface area contributed by atoms with E-state index in [2.05, 4.69) is 41.9 Å². The molecule has 1 aromatic carbocycles. The van der Waals surface area contributed by atoms with Crippen LogP contribution in [0.25, 0.3) is 0 Å². The number of guanidine groups is 1. The van der Waals surface area contributed by atoms with Crippen molar-refractivity contribution in [3.05, 3.63) is 50.4 Å². The maximum Gasteiger partial charge on any atom is 0.251 e. The number of benzene rings is 1. The van der Waals surface area contributed by atoms with E-state index in [9.17, 15) is 4.79 Å². The monoisotopic (exact) mass is 423 g/mol. The Kier molecular flexibility index (Phi) is 7.39. The summed E-state index contributed by atoms with van der Waals surface area (Å²) in [5.74, 6) is 0.680. The van der Waals surface area contributed by atoms with Gasteiger partial charge in [0.15, 0.2) is 5.96 Å². The van der Waals surface area contributed by atoms with Crippen LogP contribution in [0.15, 0.2) is 39.1 Å². The zero-order valence-corrected chi connectivity index (χ0v) is 16.9. The smallest absolute Gasteiger partial charge is 0.251 e. The molecule has 0 aliphatic rings. The van der Waals surface area contributed by atoms with Crippen molar-refractivity contribution in [1.82, 2.24) is 20.5 Å². The van der Waals surface area contributed by atoms with Gasteiger partial charge < -0.3 is 15.5 Å². The van der Waals surface area contributed by atoms with Crippen molar-refractivity contribution < 1.29 is 4.79 Å². The Morgan fingerprint density at radius 3 is 2.56 bits per heavy atom. The Bertz CT molecular complexity index is 729. The fourth-order valence-electron chi connectivity index (χ4n) is 2.24. The molecule has 6 nitrogen and oxygen atoms in total. The first-order valence-corrected chi connectivity index (χ1v) is 9.53. The third kappa shape index (κ3) is 6.13. The largest absolute Gasteiger partial charge is 0.354 e. The molecule has 2 rings (SSSR count). The van der Waals surface area contributed by atoms with Crippen LogP contribution in [-0.2, 0) is 6.54 Å². The molecule has 1 amide bonds. The average Bonchev–Trinajstić information content (AvgIpc) is 3.00. The molecule has 0 saturated heterocycles. The molecule has 2 aromatic rings. The molecular formula is C17H22BrN5OS. The van der Waals surface area contributed by atoms with Crippen molar-refractivity contribution in [3.8, 4) is 0 Å². The summed E-state index contributed by atoms with van der Waals surface area (Å²) in [7, 11) is 3.70. The van der Waals surface area contributed by atoms with Gasteiger partial charge in [-0.15, -0.1) is 11.3 Å². The number of hydrogen-bond acceptors (Lipinski definition) is 4. The SMILES string of the molecule is CN=C(NCCNC(=O)c1ccc(Br)cc1)N(C)Cc1csc(C)n1. The minimum absolute atomic E-state index is 0.0874. The highest BCUT2D eigenvalue weighted by atomic mass is 79.9. The summed E-state index contributed by atoms with van der Waals surface area (Å²) in [6.45, 7) is 3.79. The van der Waals surface area contributed by atoms with E-state index in [1.165, 1.54) is 0 Å². The minimum Gasteiger partial charge on any atom is -0.354 e. The van der Waals surface area contributed by atoms with Crippen molar-refractivity contribution in [2.24, 2.45) is 4.99 Å². The van der Waals surface area contributed by atoms with Crippen LogP contribution < -0.4 is 10.6 Å². The van der Waals surface area contributed by atoms with Crippen LogP contribution in [-0.4, -0.2) is 48.9 Å². The van der Waals surface area contributed by atoms with E-state index >= 15 is 0 Å². The molecule has 25 heavy (non-hydrogen) atoms. The number of carbonyl (C=O) groups is 1. The van der Waals surface area contributed by atoms with E-state index < -0.39 is 0 Å². The van der Waals surface area contributed by atoms with E-state index in [-0.39, 0.29) is 5.91 Å². The molecule has 0 atom stereocenters. The number of halogens is 1. The fraction of sp³-hybridized carbons (Fsp3) is 0.353. The first-order valence-electron chi connectivity index (χ1n) is 7.86. The number of aryl methyl sites for hydroxylation is 1. The first kappa shape index (κ1) is 19.4. The van der Waals surface area contributed by atoms with Crippen molar-refractivity contribution >= 4 is 39.1 Å². The van der Waals surface area contributed by atoms with E-state index in [4.69, 9.17) is 0 Å².